The molecule has 3 amide bonds. The molecule has 0 radical (unpaired) electrons. The van der Waals surface area contributed by atoms with Gasteiger partial charge in [-0.1, -0.05) is 19.1 Å². The highest BCUT2D eigenvalue weighted by Gasteiger charge is 2.22. The Bertz CT molecular complexity index is 629. The van der Waals surface area contributed by atoms with E-state index in [1.165, 1.54) is 11.3 Å². The maximum atomic E-state index is 12.4. The van der Waals surface area contributed by atoms with Crippen molar-refractivity contribution < 1.29 is 9.59 Å². The molecule has 2 N–H and O–H groups in total. The van der Waals surface area contributed by atoms with Crippen LogP contribution in [0.5, 0.6) is 0 Å². The summed E-state index contributed by atoms with van der Waals surface area (Å²) in [5.41, 5.74) is 2.42. The molecule has 1 fully saturated rings. The van der Waals surface area contributed by atoms with Crippen LogP contribution in [0, 0.1) is 6.92 Å². The Hall–Kier alpha value is -2.28. The summed E-state index contributed by atoms with van der Waals surface area (Å²) in [7, 11) is 0. The summed E-state index contributed by atoms with van der Waals surface area (Å²) < 4.78 is 0. The van der Waals surface area contributed by atoms with E-state index in [9.17, 15) is 9.59 Å². The minimum atomic E-state index is -0.0182. The summed E-state index contributed by atoms with van der Waals surface area (Å²) in [4.78, 5) is 30.4. The average Bonchev–Trinajstić information content (AvgIpc) is 2.70. The molecule has 28 heavy (non-hydrogen) atoms. The Morgan fingerprint density at radius 3 is 2.46 bits per heavy atom. The molecule has 0 aliphatic carbocycles. The van der Waals surface area contributed by atoms with Gasteiger partial charge in [0.2, 0.25) is 5.91 Å². The van der Waals surface area contributed by atoms with Crippen LogP contribution in [-0.4, -0.2) is 80.6 Å². The van der Waals surface area contributed by atoms with Gasteiger partial charge in [-0.25, -0.2) is 4.79 Å². The van der Waals surface area contributed by atoms with E-state index >= 15 is 0 Å². The van der Waals surface area contributed by atoms with Crippen LogP contribution < -0.4 is 15.5 Å². The zero-order valence-electron chi connectivity index (χ0n) is 17.5. The Labute approximate surface area is 169 Å². The van der Waals surface area contributed by atoms with Gasteiger partial charge in [0.25, 0.3) is 0 Å². The number of nitrogens with one attached hydrogen (secondary N) is 2. The topological polar surface area (TPSA) is 67.9 Å². The van der Waals surface area contributed by atoms with Gasteiger partial charge in [-0.3, -0.25) is 9.69 Å². The van der Waals surface area contributed by atoms with Crippen LogP contribution in [0.2, 0.25) is 0 Å². The summed E-state index contributed by atoms with van der Waals surface area (Å²) in [6.07, 6.45) is 0.943. The molecule has 0 spiro atoms. The third kappa shape index (κ3) is 7.03. The number of rotatable bonds is 9. The van der Waals surface area contributed by atoms with Crippen molar-refractivity contribution in [2.45, 2.75) is 27.2 Å². The molecule has 0 atom stereocenters. The number of piperazine rings is 1. The van der Waals surface area contributed by atoms with Gasteiger partial charge in [0.05, 0.1) is 6.54 Å². The first-order chi connectivity index (χ1) is 13.5. The number of nitrogens with zero attached hydrogens (tertiary/aromatic N) is 3. The second-order valence-corrected chi connectivity index (χ2v) is 7.26. The Kier molecular flexibility index (Phi) is 9.07. The second kappa shape index (κ2) is 11.5. The fourth-order valence-electron chi connectivity index (χ4n) is 3.34. The molecule has 1 aliphatic heterocycles. The Balaban J connectivity index is 1.69. The summed E-state index contributed by atoms with van der Waals surface area (Å²) in [5, 5.41) is 5.93. The van der Waals surface area contributed by atoms with Gasteiger partial charge in [-0.15, -0.1) is 0 Å². The molecule has 7 heteroatoms. The Morgan fingerprint density at radius 1 is 1.07 bits per heavy atom. The first-order valence-electron chi connectivity index (χ1n) is 10.4. The van der Waals surface area contributed by atoms with Gasteiger partial charge in [-0.2, -0.15) is 0 Å². The molecule has 0 bridgehead atoms. The predicted molar refractivity (Wildman–Crippen MR) is 114 cm³/mol. The largest absolute Gasteiger partial charge is 0.370 e. The third-order valence-corrected chi connectivity index (χ3v) is 5.01. The van der Waals surface area contributed by atoms with E-state index in [0.717, 1.165) is 39.1 Å². The van der Waals surface area contributed by atoms with E-state index in [1.54, 1.807) is 0 Å². The van der Waals surface area contributed by atoms with Gasteiger partial charge >= 0.3 is 6.03 Å². The molecular weight excluding hydrogens is 354 g/mol. The number of hydrogen-bond donors (Lipinski definition) is 2. The van der Waals surface area contributed by atoms with Crippen molar-refractivity contribution in [3.05, 3.63) is 29.8 Å². The van der Waals surface area contributed by atoms with Crippen molar-refractivity contribution in [1.82, 2.24) is 20.4 Å². The van der Waals surface area contributed by atoms with Gasteiger partial charge in [0.15, 0.2) is 0 Å². The summed E-state index contributed by atoms with van der Waals surface area (Å²) in [5.74, 6) is 0.0653. The van der Waals surface area contributed by atoms with E-state index in [4.69, 9.17) is 0 Å². The van der Waals surface area contributed by atoms with Crippen LogP contribution in [0.15, 0.2) is 24.3 Å². The average molecular weight is 390 g/mol. The molecular formula is C21H35N5O2. The standard InChI is InChI=1S/C21H35N5O2/c1-4-9-22-20(27)17-24-12-14-26(15-13-24)21(28)23-10-11-25(5-2)19-8-6-7-18(3)16-19/h6-8,16H,4-5,9-15,17H2,1-3H3,(H,22,27)(H,23,28). The number of aryl methyl sites for hydroxylation is 1. The van der Waals surface area contributed by atoms with Crippen LogP contribution in [0.4, 0.5) is 10.5 Å². The molecule has 1 aromatic rings. The van der Waals surface area contributed by atoms with Crippen LogP contribution in [0.25, 0.3) is 0 Å². The zero-order chi connectivity index (χ0) is 20.4. The SMILES string of the molecule is CCCNC(=O)CN1CCN(C(=O)NCCN(CC)c2cccc(C)c2)CC1. The number of hydrogen-bond acceptors (Lipinski definition) is 4. The zero-order valence-corrected chi connectivity index (χ0v) is 17.5. The highest BCUT2D eigenvalue weighted by Crippen LogP contribution is 2.15. The Morgan fingerprint density at radius 2 is 1.82 bits per heavy atom. The predicted octanol–water partition coefficient (Wildman–Crippen LogP) is 1.67. The fraction of sp³-hybridized carbons (Fsp3) is 0.619. The number of urea groups is 1. The maximum absolute atomic E-state index is 12.4. The van der Waals surface area contributed by atoms with E-state index in [1.807, 2.05) is 11.8 Å². The lowest BCUT2D eigenvalue weighted by Crippen LogP contribution is -2.54. The molecule has 1 saturated heterocycles. The van der Waals surface area contributed by atoms with Crippen molar-refractivity contribution in [2.75, 3.05) is 63.8 Å². The fourth-order valence-corrected chi connectivity index (χ4v) is 3.34. The van der Waals surface area contributed by atoms with E-state index in [2.05, 4.69) is 58.5 Å². The van der Waals surface area contributed by atoms with Crippen LogP contribution in [-0.2, 0) is 4.79 Å². The summed E-state index contributed by atoms with van der Waals surface area (Å²) in [6.45, 7) is 12.5. The summed E-state index contributed by atoms with van der Waals surface area (Å²) in [6, 6.07) is 8.41. The van der Waals surface area contributed by atoms with Crippen molar-refractivity contribution in [3.8, 4) is 0 Å². The molecule has 1 aromatic carbocycles. The lowest BCUT2D eigenvalue weighted by atomic mass is 10.2. The minimum absolute atomic E-state index is 0.0182. The van der Waals surface area contributed by atoms with Gasteiger partial charge in [0.1, 0.15) is 0 Å². The van der Waals surface area contributed by atoms with E-state index in [0.29, 0.717) is 26.2 Å². The molecule has 0 aromatic heterocycles. The second-order valence-electron chi connectivity index (χ2n) is 7.26. The molecule has 0 unspecified atom stereocenters. The quantitative estimate of drug-likeness (QED) is 0.674. The van der Waals surface area contributed by atoms with Crippen LogP contribution in [0.1, 0.15) is 25.8 Å². The van der Waals surface area contributed by atoms with Gasteiger partial charge in [0, 0.05) is 58.0 Å². The molecule has 0 saturated carbocycles. The van der Waals surface area contributed by atoms with Gasteiger partial charge in [-0.05, 0) is 38.0 Å². The number of benzene rings is 1. The van der Waals surface area contributed by atoms with Crippen molar-refractivity contribution in [2.24, 2.45) is 0 Å². The van der Waals surface area contributed by atoms with Crippen molar-refractivity contribution >= 4 is 17.6 Å². The van der Waals surface area contributed by atoms with E-state index < -0.39 is 0 Å². The smallest absolute Gasteiger partial charge is 0.317 e. The normalized spacial score (nSPS) is 14.6. The van der Waals surface area contributed by atoms with E-state index in [-0.39, 0.29) is 11.9 Å². The van der Waals surface area contributed by atoms with Gasteiger partial charge < -0.3 is 20.4 Å². The first kappa shape index (κ1) is 22.0. The number of carbonyl (C=O) groups excluding carboxylic acids is 2. The number of anilines is 1. The highest BCUT2D eigenvalue weighted by atomic mass is 16.2. The minimum Gasteiger partial charge on any atom is -0.370 e. The molecule has 2 rings (SSSR count). The lowest BCUT2D eigenvalue weighted by molar-refractivity contribution is -0.122. The van der Waals surface area contributed by atoms with Crippen molar-refractivity contribution in [3.63, 3.8) is 0 Å². The molecule has 156 valence electrons. The van der Waals surface area contributed by atoms with Crippen LogP contribution >= 0.6 is 0 Å². The van der Waals surface area contributed by atoms with Crippen molar-refractivity contribution in [1.29, 1.82) is 0 Å². The number of amides is 3. The molecule has 1 heterocycles. The first-order valence-corrected chi connectivity index (χ1v) is 10.4. The lowest BCUT2D eigenvalue weighted by Gasteiger charge is -2.34. The highest BCUT2D eigenvalue weighted by molar-refractivity contribution is 5.78. The molecule has 1 aliphatic rings. The summed E-state index contributed by atoms with van der Waals surface area (Å²) >= 11 is 0. The number of carbonyl (C=O) groups is 2. The molecule has 7 nitrogen and oxygen atoms in total. The van der Waals surface area contributed by atoms with Crippen LogP contribution in [0.3, 0.4) is 0 Å². The third-order valence-electron chi connectivity index (χ3n) is 5.01. The number of likely N-dealkylation sites (N-methyl/N-ethyl adjacent to an activating group) is 1. The monoisotopic (exact) mass is 389 g/mol. The maximum Gasteiger partial charge on any atom is 0.317 e.